The molecule has 0 unspecified atom stereocenters. The fraction of sp³-hybridized carbons (Fsp3) is 0.543. The van der Waals surface area contributed by atoms with E-state index >= 15 is 0 Å². The van der Waals surface area contributed by atoms with Gasteiger partial charge in [-0.2, -0.15) is 0 Å². The Morgan fingerprint density at radius 3 is 2.62 bits per heavy atom. The molecule has 2 saturated heterocycles. The summed E-state index contributed by atoms with van der Waals surface area (Å²) in [6, 6.07) is 11.7. The number of nitrogens with two attached hydrogens (primary N) is 2. The average Bonchev–Trinajstić information content (AvgIpc) is 3.49. The highest BCUT2D eigenvalue weighted by Gasteiger charge is 2.30. The van der Waals surface area contributed by atoms with Gasteiger partial charge in [0.2, 0.25) is 11.8 Å². The van der Waals surface area contributed by atoms with Crippen LogP contribution in [0.1, 0.15) is 63.8 Å². The molecule has 6 rings (SSSR count). The van der Waals surface area contributed by atoms with Gasteiger partial charge >= 0.3 is 6.03 Å². The summed E-state index contributed by atoms with van der Waals surface area (Å²) < 4.78 is 19.7. The predicted molar refractivity (Wildman–Crippen MR) is 184 cm³/mol. The van der Waals surface area contributed by atoms with Gasteiger partial charge in [-0.3, -0.25) is 14.6 Å². The molecule has 5 N–H and O–H groups in total. The molecule has 0 radical (unpaired) electrons. The van der Waals surface area contributed by atoms with Gasteiger partial charge in [0.05, 0.1) is 51.3 Å². The van der Waals surface area contributed by atoms with Gasteiger partial charge in [0.15, 0.2) is 5.65 Å². The van der Waals surface area contributed by atoms with Gasteiger partial charge in [-0.25, -0.2) is 4.79 Å². The second-order valence-electron chi connectivity index (χ2n) is 13.9. The van der Waals surface area contributed by atoms with Gasteiger partial charge < -0.3 is 30.2 Å². The minimum absolute atomic E-state index is 0.170. The van der Waals surface area contributed by atoms with E-state index in [0.29, 0.717) is 31.2 Å². The van der Waals surface area contributed by atoms with Crippen molar-refractivity contribution in [2.75, 3.05) is 64.1 Å². The normalized spacial score (nSPS) is 22.8. The van der Waals surface area contributed by atoms with Crippen LogP contribution in [0.4, 0.5) is 10.7 Å². The Morgan fingerprint density at radius 1 is 1.08 bits per heavy atom. The van der Waals surface area contributed by atoms with Crippen LogP contribution in [0.15, 0.2) is 59.4 Å². The number of aromatic nitrogens is 3. The molecule has 3 aliphatic rings. The molecule has 3 aromatic rings. The number of amides is 2. The maximum atomic E-state index is 13.4. The molecule has 2 amide bonds. The number of benzene rings is 1. The number of nitrogens with zero attached hydrogens (tertiary/aromatic N) is 6. The molecule has 3 atom stereocenters. The van der Waals surface area contributed by atoms with Crippen LogP contribution in [-0.2, 0) is 9.47 Å². The number of carbonyl (C=O) groups excluding carboxylic acids is 1. The van der Waals surface area contributed by atoms with Crippen molar-refractivity contribution in [2.45, 2.75) is 58.7 Å². The van der Waals surface area contributed by atoms with E-state index in [9.17, 15) is 4.79 Å². The van der Waals surface area contributed by atoms with Gasteiger partial charge in [0.25, 0.3) is 0 Å². The summed E-state index contributed by atoms with van der Waals surface area (Å²) in [5, 5.41) is 14.0. The first kappa shape index (κ1) is 33.8. The van der Waals surface area contributed by atoms with Crippen molar-refractivity contribution in [2.24, 2.45) is 16.1 Å². The van der Waals surface area contributed by atoms with Crippen LogP contribution in [0.5, 0.6) is 5.75 Å². The van der Waals surface area contributed by atoms with Crippen molar-refractivity contribution in [1.82, 2.24) is 24.8 Å². The summed E-state index contributed by atoms with van der Waals surface area (Å²) in [6.07, 6.45) is 5.07. The SMILES string of the molecule is C[C@H]1COCCN1c1nnc2ccc(O[C@@H]3CC[C@H](NC(=O)/N=C(\C=C(/N)C(C)(C)C)[NH2+]CCN4CCOCC4)c4ccccc43)cn12. The van der Waals surface area contributed by atoms with E-state index < -0.39 is 0 Å². The van der Waals surface area contributed by atoms with Crippen molar-refractivity contribution >= 4 is 23.5 Å². The number of nitrogens with one attached hydrogen (secondary N) is 1. The number of morpholine rings is 2. The zero-order chi connectivity index (χ0) is 33.7. The minimum Gasteiger partial charge on any atom is -0.484 e. The van der Waals surface area contributed by atoms with E-state index in [0.717, 1.165) is 80.8 Å². The number of aliphatic imine (C=N–C) groups is 1. The number of allylic oxidation sites excluding steroid dienone is 1. The maximum Gasteiger partial charge on any atom is 0.346 e. The number of rotatable bonds is 8. The van der Waals surface area contributed by atoms with Crippen LogP contribution < -0.4 is 26.0 Å². The molecule has 48 heavy (non-hydrogen) atoms. The summed E-state index contributed by atoms with van der Waals surface area (Å²) in [7, 11) is 0. The number of hydrogen-bond donors (Lipinski definition) is 3. The van der Waals surface area contributed by atoms with Gasteiger partial charge in [-0.15, -0.1) is 15.2 Å². The smallest absolute Gasteiger partial charge is 0.346 e. The molecule has 0 bridgehead atoms. The number of carbonyl (C=O) groups is 1. The Balaban J connectivity index is 1.15. The molecule has 0 spiro atoms. The molecular formula is C35H50N9O4+. The standard InChI is InChI=1S/C35H49N9O4/c1-24-23-47-20-17-43(24)34-41-40-32-12-9-25(22-44(32)34)48-29-11-10-28(26-7-5-6-8-27(26)29)38-33(45)39-31(21-30(36)35(2,3)4)37-13-14-42-15-18-46-19-16-42/h5-9,12,21-22,24,28-29H,10-11,13-20,23,36H2,1-4H3,(H2,37,38,39,45)/p+1/b30-21-/t24-,28-,29+/m0/s1. The quantitative estimate of drug-likeness (QED) is 0.245. The van der Waals surface area contributed by atoms with E-state index in [-0.39, 0.29) is 29.6 Å². The number of urea groups is 1. The lowest BCUT2D eigenvalue weighted by atomic mass is 9.85. The molecule has 2 aromatic heterocycles. The molecule has 1 aromatic carbocycles. The minimum atomic E-state index is -0.382. The molecule has 13 heteroatoms. The second kappa shape index (κ2) is 15.0. The molecule has 1 aliphatic carbocycles. The molecule has 258 valence electrons. The topological polar surface area (TPSA) is 148 Å². The Bertz CT molecular complexity index is 1630. The lowest BCUT2D eigenvalue weighted by molar-refractivity contribution is -0.538. The predicted octanol–water partition coefficient (Wildman–Crippen LogP) is 2.80. The van der Waals surface area contributed by atoms with Crippen molar-refractivity contribution in [3.05, 3.63) is 65.5 Å². The lowest BCUT2D eigenvalue weighted by Crippen LogP contribution is -2.89. The van der Waals surface area contributed by atoms with Crippen LogP contribution >= 0.6 is 0 Å². The highest BCUT2D eigenvalue weighted by atomic mass is 16.5. The van der Waals surface area contributed by atoms with Gasteiger partial charge in [0, 0.05) is 43.4 Å². The summed E-state index contributed by atoms with van der Waals surface area (Å²) in [5.74, 6) is 2.10. The average molecular weight is 661 g/mol. The van der Waals surface area contributed by atoms with Crippen molar-refractivity contribution in [3.8, 4) is 5.75 Å². The largest absolute Gasteiger partial charge is 0.484 e. The van der Waals surface area contributed by atoms with Gasteiger partial charge in [-0.1, -0.05) is 45.0 Å². The number of pyridine rings is 1. The Hall–Kier alpha value is -4.04. The Kier molecular flexibility index (Phi) is 10.6. The third kappa shape index (κ3) is 8.15. The summed E-state index contributed by atoms with van der Waals surface area (Å²) in [5.41, 5.74) is 9.70. The number of amidine groups is 1. The molecule has 2 fully saturated rings. The Morgan fingerprint density at radius 2 is 1.85 bits per heavy atom. The molecule has 13 nitrogen and oxygen atoms in total. The van der Waals surface area contributed by atoms with Gasteiger partial charge in [0.1, 0.15) is 11.9 Å². The number of ether oxygens (including phenoxy) is 3. The summed E-state index contributed by atoms with van der Waals surface area (Å²) >= 11 is 0. The number of fused-ring (bicyclic) bond motifs is 2. The van der Waals surface area contributed by atoms with Crippen LogP contribution in [0, 0.1) is 5.41 Å². The molecule has 0 saturated carbocycles. The molecule has 2 aliphatic heterocycles. The van der Waals surface area contributed by atoms with Crippen molar-refractivity contribution in [3.63, 3.8) is 0 Å². The van der Waals surface area contributed by atoms with E-state index in [1.807, 2.05) is 46.3 Å². The first-order chi connectivity index (χ1) is 23.2. The van der Waals surface area contributed by atoms with E-state index in [2.05, 4.69) is 70.1 Å². The monoisotopic (exact) mass is 660 g/mol. The van der Waals surface area contributed by atoms with Crippen LogP contribution in [0.3, 0.4) is 0 Å². The summed E-state index contributed by atoms with van der Waals surface area (Å²) in [4.78, 5) is 22.5. The third-order valence-corrected chi connectivity index (χ3v) is 9.30. The third-order valence-electron chi connectivity index (χ3n) is 9.30. The van der Waals surface area contributed by atoms with E-state index in [1.54, 1.807) is 0 Å². The number of hydrogen-bond acceptors (Lipinski definition) is 9. The fourth-order valence-corrected chi connectivity index (χ4v) is 6.37. The number of anilines is 1. The zero-order valence-corrected chi connectivity index (χ0v) is 28.6. The van der Waals surface area contributed by atoms with Crippen LogP contribution in [0.2, 0.25) is 0 Å². The second-order valence-corrected chi connectivity index (χ2v) is 13.9. The fourth-order valence-electron chi connectivity index (χ4n) is 6.37. The van der Waals surface area contributed by atoms with E-state index in [1.165, 1.54) is 0 Å². The van der Waals surface area contributed by atoms with Crippen molar-refractivity contribution < 1.29 is 24.3 Å². The summed E-state index contributed by atoms with van der Waals surface area (Å²) in [6.45, 7) is 15.3. The molecular weight excluding hydrogens is 610 g/mol. The van der Waals surface area contributed by atoms with Gasteiger partial charge in [-0.05, 0) is 43.0 Å². The van der Waals surface area contributed by atoms with E-state index in [4.69, 9.17) is 19.9 Å². The zero-order valence-electron chi connectivity index (χ0n) is 28.6. The highest BCUT2D eigenvalue weighted by molar-refractivity contribution is 5.95. The Labute approximate surface area is 282 Å². The first-order valence-electron chi connectivity index (χ1n) is 17.1. The molecule has 4 heterocycles. The number of quaternary nitrogens is 1. The van der Waals surface area contributed by atoms with Crippen molar-refractivity contribution in [1.29, 1.82) is 0 Å². The highest BCUT2D eigenvalue weighted by Crippen LogP contribution is 2.39. The first-order valence-corrected chi connectivity index (χ1v) is 17.1. The lowest BCUT2D eigenvalue weighted by Gasteiger charge is -2.33. The van der Waals surface area contributed by atoms with Crippen LogP contribution in [-0.4, -0.2) is 96.6 Å². The maximum absolute atomic E-state index is 13.4. The van der Waals surface area contributed by atoms with Crippen LogP contribution in [0.25, 0.3) is 5.65 Å².